The normalized spacial score (nSPS) is 16.8. The van der Waals surface area contributed by atoms with Crippen molar-refractivity contribution in [2.75, 3.05) is 31.2 Å². The number of rotatable bonds is 7. The third-order valence-corrected chi connectivity index (χ3v) is 5.92. The number of carbonyl (C=O) groups excluding carboxylic acids is 2. The van der Waals surface area contributed by atoms with E-state index in [2.05, 4.69) is 10.3 Å². The van der Waals surface area contributed by atoms with Gasteiger partial charge in [-0.3, -0.25) is 14.5 Å². The van der Waals surface area contributed by atoms with Crippen LogP contribution < -0.4 is 19.7 Å². The highest BCUT2D eigenvalue weighted by molar-refractivity contribution is 8.14. The molecule has 1 N–H and O–H groups in total. The van der Waals surface area contributed by atoms with Crippen molar-refractivity contribution in [1.29, 1.82) is 0 Å². The largest absolute Gasteiger partial charge is 0.454 e. The van der Waals surface area contributed by atoms with Crippen LogP contribution in [0.5, 0.6) is 11.5 Å². The molecule has 0 radical (unpaired) electrons. The maximum atomic E-state index is 13.3. The number of hydrogen-bond donors (Lipinski definition) is 1. The zero-order valence-electron chi connectivity index (χ0n) is 18.7. The third-order valence-electron chi connectivity index (χ3n) is 4.98. The Morgan fingerprint density at radius 2 is 2.00 bits per heavy atom. The van der Waals surface area contributed by atoms with Gasteiger partial charge < -0.3 is 19.5 Å². The van der Waals surface area contributed by atoms with Gasteiger partial charge in [0.05, 0.1) is 18.0 Å². The van der Waals surface area contributed by atoms with Gasteiger partial charge in [0.2, 0.25) is 12.7 Å². The van der Waals surface area contributed by atoms with Crippen LogP contribution >= 0.6 is 11.8 Å². The van der Waals surface area contributed by atoms with Gasteiger partial charge >= 0.3 is 0 Å². The van der Waals surface area contributed by atoms with Gasteiger partial charge in [0.25, 0.3) is 5.91 Å². The van der Waals surface area contributed by atoms with Gasteiger partial charge in [-0.2, -0.15) is 0 Å². The lowest BCUT2D eigenvalue weighted by Crippen LogP contribution is -2.37. The molecule has 2 aliphatic heterocycles. The average molecular weight is 468 g/mol. The second kappa shape index (κ2) is 10.1. The van der Waals surface area contributed by atoms with Crippen molar-refractivity contribution in [3.05, 3.63) is 59.3 Å². The first-order chi connectivity index (χ1) is 15.9. The minimum atomic E-state index is -0.257. The first kappa shape index (κ1) is 22.9. The van der Waals surface area contributed by atoms with Crippen LogP contribution in [0.1, 0.15) is 18.1 Å². The molecule has 9 heteroatoms. The maximum absolute atomic E-state index is 13.3. The number of amidine groups is 1. The first-order valence-corrected chi connectivity index (χ1v) is 11.5. The second-order valence-corrected chi connectivity index (χ2v) is 8.67. The van der Waals surface area contributed by atoms with Gasteiger partial charge in [0.1, 0.15) is 5.70 Å². The van der Waals surface area contributed by atoms with Crippen LogP contribution in [0.3, 0.4) is 0 Å². The Balaban J connectivity index is 1.57. The summed E-state index contributed by atoms with van der Waals surface area (Å²) in [5.74, 6) is 1.01. The van der Waals surface area contributed by atoms with E-state index in [1.807, 2.05) is 50.2 Å². The van der Waals surface area contributed by atoms with Crippen molar-refractivity contribution < 1.29 is 23.8 Å². The molecular formula is C24H25N3O5S. The lowest BCUT2D eigenvalue weighted by Gasteiger charge is -2.18. The summed E-state index contributed by atoms with van der Waals surface area (Å²) in [7, 11) is 1.59. The average Bonchev–Trinajstić information content (AvgIpc) is 3.37. The van der Waals surface area contributed by atoms with Gasteiger partial charge in [0, 0.05) is 13.2 Å². The number of hydrogen-bond acceptors (Lipinski definition) is 7. The fourth-order valence-corrected chi connectivity index (χ4v) is 4.24. The summed E-state index contributed by atoms with van der Waals surface area (Å²) in [5, 5.41) is 3.32. The number of nitrogens with one attached hydrogen (secondary N) is 1. The summed E-state index contributed by atoms with van der Waals surface area (Å²) < 4.78 is 15.8. The molecule has 0 saturated carbocycles. The summed E-state index contributed by atoms with van der Waals surface area (Å²) in [4.78, 5) is 31.8. The molecule has 2 amide bonds. The first-order valence-electron chi connectivity index (χ1n) is 10.5. The summed E-state index contributed by atoms with van der Waals surface area (Å²) in [6.45, 7) is 4.45. The van der Waals surface area contributed by atoms with Gasteiger partial charge in [0.15, 0.2) is 16.7 Å². The highest BCUT2D eigenvalue weighted by Crippen LogP contribution is 2.34. The van der Waals surface area contributed by atoms with E-state index in [0.29, 0.717) is 29.0 Å². The molecule has 1 unspecified atom stereocenters. The number of aliphatic imine (C=N–C) groups is 1. The number of benzene rings is 2. The van der Waals surface area contributed by atoms with Crippen LogP contribution in [-0.2, 0) is 14.3 Å². The van der Waals surface area contributed by atoms with E-state index in [1.165, 1.54) is 16.7 Å². The Morgan fingerprint density at radius 1 is 1.24 bits per heavy atom. The predicted molar refractivity (Wildman–Crippen MR) is 129 cm³/mol. The van der Waals surface area contributed by atoms with E-state index in [-0.39, 0.29) is 36.1 Å². The van der Waals surface area contributed by atoms with Crippen molar-refractivity contribution in [2.24, 2.45) is 4.99 Å². The summed E-state index contributed by atoms with van der Waals surface area (Å²) in [6.07, 6.45) is 1.71. The van der Waals surface area contributed by atoms with Crippen molar-refractivity contribution in [1.82, 2.24) is 5.32 Å². The van der Waals surface area contributed by atoms with Crippen molar-refractivity contribution in [2.45, 2.75) is 19.9 Å². The number of methoxy groups -OCH3 is 1. The van der Waals surface area contributed by atoms with E-state index >= 15 is 0 Å². The molecule has 172 valence electrons. The van der Waals surface area contributed by atoms with E-state index in [4.69, 9.17) is 14.2 Å². The van der Waals surface area contributed by atoms with E-state index in [0.717, 1.165) is 11.1 Å². The van der Waals surface area contributed by atoms with Crippen LogP contribution in [0.4, 0.5) is 5.69 Å². The second-order valence-electron chi connectivity index (χ2n) is 7.73. The molecule has 0 aliphatic carbocycles. The Labute approximate surface area is 196 Å². The molecule has 2 heterocycles. The minimum absolute atomic E-state index is 0.107. The number of carbonyl (C=O) groups is 2. The third kappa shape index (κ3) is 5.37. The van der Waals surface area contributed by atoms with Gasteiger partial charge in [-0.25, -0.2) is 4.99 Å². The van der Waals surface area contributed by atoms with Crippen molar-refractivity contribution in [3.63, 3.8) is 0 Å². The molecule has 0 spiro atoms. The number of anilines is 1. The fourth-order valence-electron chi connectivity index (χ4n) is 3.41. The van der Waals surface area contributed by atoms with Crippen LogP contribution in [-0.4, -0.2) is 49.3 Å². The smallest absolute Gasteiger partial charge is 0.283 e. The molecule has 0 bridgehead atoms. The molecular weight excluding hydrogens is 442 g/mol. The molecule has 8 nitrogen and oxygen atoms in total. The molecule has 2 aromatic rings. The zero-order chi connectivity index (χ0) is 23.4. The number of thioether (sulfide) groups is 1. The summed E-state index contributed by atoms with van der Waals surface area (Å²) in [5.41, 5.74) is 2.83. The monoisotopic (exact) mass is 467 g/mol. The van der Waals surface area contributed by atoms with Gasteiger partial charge in [-0.1, -0.05) is 35.5 Å². The molecule has 2 aliphatic rings. The van der Waals surface area contributed by atoms with Crippen LogP contribution in [0.25, 0.3) is 6.08 Å². The maximum Gasteiger partial charge on any atom is 0.283 e. The van der Waals surface area contributed by atoms with Crippen LogP contribution in [0, 0.1) is 6.92 Å². The lowest BCUT2D eigenvalue weighted by atomic mass is 10.1. The van der Waals surface area contributed by atoms with Crippen LogP contribution in [0.2, 0.25) is 0 Å². The predicted octanol–water partition coefficient (Wildman–Crippen LogP) is 3.35. The minimum Gasteiger partial charge on any atom is -0.454 e. The number of ether oxygens (including phenoxy) is 3. The van der Waals surface area contributed by atoms with Crippen LogP contribution in [0.15, 0.2) is 53.2 Å². The van der Waals surface area contributed by atoms with E-state index < -0.39 is 0 Å². The number of aryl methyl sites for hydroxylation is 1. The van der Waals surface area contributed by atoms with E-state index in [1.54, 1.807) is 19.3 Å². The molecule has 4 rings (SSSR count). The van der Waals surface area contributed by atoms with Crippen molar-refractivity contribution in [3.8, 4) is 11.5 Å². The number of nitrogens with zero attached hydrogens (tertiary/aromatic N) is 2. The molecule has 0 fully saturated rings. The van der Waals surface area contributed by atoms with Crippen molar-refractivity contribution >= 4 is 40.5 Å². The van der Waals surface area contributed by atoms with Gasteiger partial charge in [-0.15, -0.1) is 0 Å². The summed E-state index contributed by atoms with van der Waals surface area (Å²) in [6, 6.07) is 13.0. The highest BCUT2D eigenvalue weighted by Gasteiger charge is 2.32. The molecule has 33 heavy (non-hydrogen) atoms. The molecule has 0 saturated heterocycles. The quantitative estimate of drug-likeness (QED) is 0.628. The lowest BCUT2D eigenvalue weighted by molar-refractivity contribution is -0.119. The SMILES string of the molecule is COCC(C)NC(=O)CSC1=N/C(=C\c2ccc3c(c2)OCO3)C(=O)N1c1ccc(C)cc1. The fraction of sp³-hybridized carbons (Fsp3) is 0.292. The standard InChI is InChI=1S/C24H25N3O5S/c1-15-4-7-18(8-5-15)27-23(29)19(10-17-6-9-20-21(11-17)32-14-31-20)26-24(27)33-13-22(28)25-16(2)12-30-3/h4-11,16H,12-14H2,1-3H3,(H,25,28)/b19-10-. The topological polar surface area (TPSA) is 89.5 Å². The van der Waals surface area contributed by atoms with Gasteiger partial charge in [-0.05, 0) is 49.8 Å². The Bertz CT molecular complexity index is 1110. The Kier molecular flexibility index (Phi) is 7.00. The number of fused-ring (bicyclic) bond motifs is 1. The molecule has 2 aromatic carbocycles. The zero-order valence-corrected chi connectivity index (χ0v) is 19.5. The summed E-state index contributed by atoms with van der Waals surface area (Å²) >= 11 is 1.21. The number of amides is 2. The highest BCUT2D eigenvalue weighted by atomic mass is 32.2. The molecule has 1 atom stereocenters. The van der Waals surface area contributed by atoms with E-state index in [9.17, 15) is 9.59 Å². The Morgan fingerprint density at radius 3 is 2.76 bits per heavy atom. The Hall–Kier alpha value is -3.30. The molecule has 0 aromatic heterocycles.